The first kappa shape index (κ1) is 24.0. The second-order valence-corrected chi connectivity index (χ2v) is 9.38. The van der Waals surface area contributed by atoms with Gasteiger partial charge in [-0.3, -0.25) is 4.79 Å². The van der Waals surface area contributed by atoms with Gasteiger partial charge in [-0.15, -0.1) is 0 Å². The highest BCUT2D eigenvalue weighted by atomic mass is 79.9. The van der Waals surface area contributed by atoms with Crippen LogP contribution >= 0.6 is 27.7 Å². The molecular formula is C26H22BrFN2O3S. The van der Waals surface area contributed by atoms with Gasteiger partial charge in [0.05, 0.1) is 21.7 Å². The minimum atomic E-state index is -0.293. The fraction of sp³-hybridized carbons (Fsp3) is 0.154. The van der Waals surface area contributed by atoms with Crippen LogP contribution in [0, 0.1) is 12.7 Å². The summed E-state index contributed by atoms with van der Waals surface area (Å²) in [5, 5.41) is 3.34. The van der Waals surface area contributed by atoms with Gasteiger partial charge >= 0.3 is 0 Å². The number of ether oxygens (including phenoxy) is 2. The first-order valence-corrected chi connectivity index (χ1v) is 12.2. The van der Waals surface area contributed by atoms with Crippen molar-refractivity contribution in [2.24, 2.45) is 4.99 Å². The largest absolute Gasteiger partial charge is 0.490 e. The SMILES string of the molecule is CCOc1cc(/C=C2\SC(=Nc3ccc(C)cc3)NC2=O)cc(Br)c1OCc1ccc(F)cc1. The number of halogens is 2. The summed E-state index contributed by atoms with van der Waals surface area (Å²) >= 11 is 4.84. The van der Waals surface area contributed by atoms with Crippen LogP contribution in [0.5, 0.6) is 11.5 Å². The second-order valence-electron chi connectivity index (χ2n) is 7.50. The standard InChI is InChI=1S/C26H22BrFN2O3S/c1-3-32-22-13-18(12-21(27)24(22)33-15-17-6-8-19(28)9-7-17)14-23-25(31)30-26(34-23)29-20-10-4-16(2)5-11-20/h4-14H,3,15H2,1-2H3,(H,29,30,31)/b23-14-. The van der Waals surface area contributed by atoms with E-state index in [1.807, 2.05) is 50.2 Å². The van der Waals surface area contributed by atoms with Gasteiger partial charge in [-0.25, -0.2) is 9.38 Å². The van der Waals surface area contributed by atoms with Gasteiger partial charge in [-0.05, 0) is 95.1 Å². The van der Waals surface area contributed by atoms with E-state index in [4.69, 9.17) is 9.47 Å². The van der Waals surface area contributed by atoms with E-state index in [0.29, 0.717) is 32.7 Å². The van der Waals surface area contributed by atoms with Crippen molar-refractivity contribution in [2.45, 2.75) is 20.5 Å². The molecule has 1 fully saturated rings. The normalized spacial score (nSPS) is 15.6. The van der Waals surface area contributed by atoms with Crippen molar-refractivity contribution in [2.75, 3.05) is 6.61 Å². The Morgan fingerprint density at radius 1 is 1.09 bits per heavy atom. The van der Waals surface area contributed by atoms with Gasteiger partial charge in [-0.2, -0.15) is 0 Å². The van der Waals surface area contributed by atoms with Crippen molar-refractivity contribution in [3.63, 3.8) is 0 Å². The van der Waals surface area contributed by atoms with Crippen molar-refractivity contribution in [3.8, 4) is 11.5 Å². The Hall–Kier alpha value is -3.10. The lowest BCUT2D eigenvalue weighted by Crippen LogP contribution is -2.19. The first-order chi connectivity index (χ1) is 16.4. The molecule has 0 aliphatic carbocycles. The van der Waals surface area contributed by atoms with E-state index in [-0.39, 0.29) is 18.3 Å². The number of nitrogens with zero attached hydrogens (tertiary/aromatic N) is 1. The topological polar surface area (TPSA) is 59.9 Å². The first-order valence-electron chi connectivity index (χ1n) is 10.6. The van der Waals surface area contributed by atoms with Crippen molar-refractivity contribution < 1.29 is 18.7 Å². The second kappa shape index (κ2) is 10.9. The number of amidine groups is 1. The average molecular weight is 541 g/mol. The predicted molar refractivity (Wildman–Crippen MR) is 138 cm³/mol. The minimum Gasteiger partial charge on any atom is -0.490 e. The van der Waals surface area contributed by atoms with Crippen LogP contribution in [0.1, 0.15) is 23.6 Å². The number of thioether (sulfide) groups is 1. The van der Waals surface area contributed by atoms with Crippen LogP contribution in [-0.4, -0.2) is 17.7 Å². The maximum atomic E-state index is 13.2. The van der Waals surface area contributed by atoms with Gasteiger partial charge in [0.1, 0.15) is 12.4 Å². The summed E-state index contributed by atoms with van der Waals surface area (Å²) in [4.78, 5) is 17.5. The Kier molecular flexibility index (Phi) is 7.70. The number of aliphatic imine (C=N–C) groups is 1. The van der Waals surface area contributed by atoms with Gasteiger partial charge in [-0.1, -0.05) is 29.8 Å². The minimum absolute atomic E-state index is 0.207. The summed E-state index contributed by atoms with van der Waals surface area (Å²) in [5.41, 5.74) is 3.53. The number of carbonyl (C=O) groups is 1. The maximum Gasteiger partial charge on any atom is 0.264 e. The zero-order valence-electron chi connectivity index (χ0n) is 18.6. The van der Waals surface area contributed by atoms with E-state index >= 15 is 0 Å². The highest BCUT2D eigenvalue weighted by Crippen LogP contribution is 2.39. The lowest BCUT2D eigenvalue weighted by atomic mass is 10.1. The van der Waals surface area contributed by atoms with Crippen molar-refractivity contribution in [1.82, 2.24) is 5.32 Å². The Bertz CT molecular complexity index is 1260. The summed E-state index contributed by atoms with van der Waals surface area (Å²) in [6, 6.07) is 17.6. The predicted octanol–water partition coefficient (Wildman–Crippen LogP) is 6.77. The summed E-state index contributed by atoms with van der Waals surface area (Å²) in [6.45, 7) is 4.60. The molecule has 0 atom stereocenters. The van der Waals surface area contributed by atoms with Gasteiger partial charge < -0.3 is 14.8 Å². The van der Waals surface area contributed by atoms with Crippen LogP contribution in [0.4, 0.5) is 10.1 Å². The summed E-state index contributed by atoms with van der Waals surface area (Å²) in [5.74, 6) is 0.584. The highest BCUT2D eigenvalue weighted by molar-refractivity contribution is 9.10. The van der Waals surface area contributed by atoms with Gasteiger partial charge in [0.2, 0.25) is 0 Å². The van der Waals surface area contributed by atoms with Crippen LogP contribution in [-0.2, 0) is 11.4 Å². The molecule has 1 amide bonds. The molecule has 1 aliphatic rings. The van der Waals surface area contributed by atoms with Gasteiger partial charge in [0.25, 0.3) is 5.91 Å². The molecule has 3 aromatic rings. The Labute approximate surface area is 210 Å². The smallest absolute Gasteiger partial charge is 0.264 e. The summed E-state index contributed by atoms with van der Waals surface area (Å²) < 4.78 is 25.6. The van der Waals surface area contributed by atoms with Gasteiger partial charge in [0.15, 0.2) is 16.7 Å². The van der Waals surface area contributed by atoms with E-state index in [0.717, 1.165) is 22.4 Å². The summed E-state index contributed by atoms with van der Waals surface area (Å²) in [7, 11) is 0. The molecule has 0 spiro atoms. The van der Waals surface area contributed by atoms with Crippen LogP contribution in [0.3, 0.4) is 0 Å². The van der Waals surface area contributed by atoms with E-state index < -0.39 is 0 Å². The lowest BCUT2D eigenvalue weighted by Gasteiger charge is -2.15. The fourth-order valence-electron chi connectivity index (χ4n) is 3.18. The molecule has 0 saturated carbocycles. The van der Waals surface area contributed by atoms with E-state index in [9.17, 15) is 9.18 Å². The van der Waals surface area contributed by atoms with Crippen molar-refractivity contribution in [3.05, 3.63) is 92.5 Å². The van der Waals surface area contributed by atoms with Crippen molar-refractivity contribution in [1.29, 1.82) is 0 Å². The molecule has 1 N–H and O–H groups in total. The number of hydrogen-bond donors (Lipinski definition) is 1. The molecule has 1 saturated heterocycles. The lowest BCUT2D eigenvalue weighted by molar-refractivity contribution is -0.115. The molecule has 8 heteroatoms. The summed E-state index contributed by atoms with van der Waals surface area (Å²) in [6.07, 6.45) is 1.79. The Morgan fingerprint density at radius 3 is 2.53 bits per heavy atom. The molecular weight excluding hydrogens is 519 g/mol. The zero-order chi connectivity index (χ0) is 24.1. The molecule has 1 heterocycles. The van der Waals surface area contributed by atoms with Crippen LogP contribution in [0.2, 0.25) is 0 Å². The number of benzene rings is 3. The molecule has 4 rings (SSSR count). The molecule has 34 heavy (non-hydrogen) atoms. The van der Waals surface area contributed by atoms with E-state index in [1.165, 1.54) is 23.9 Å². The third-order valence-corrected chi connectivity index (χ3v) is 6.34. The van der Waals surface area contributed by atoms with Gasteiger partial charge in [0, 0.05) is 0 Å². The third kappa shape index (κ3) is 6.07. The molecule has 3 aromatic carbocycles. The molecule has 0 unspecified atom stereocenters. The molecule has 0 bridgehead atoms. The van der Waals surface area contributed by atoms with Crippen molar-refractivity contribution >= 4 is 50.5 Å². The molecule has 1 aliphatic heterocycles. The molecule has 0 aromatic heterocycles. The quantitative estimate of drug-likeness (QED) is 0.336. The molecule has 0 radical (unpaired) electrons. The number of carbonyl (C=O) groups excluding carboxylic acids is 1. The Balaban J connectivity index is 1.54. The number of nitrogens with one attached hydrogen (secondary N) is 1. The number of aryl methyl sites for hydroxylation is 1. The maximum absolute atomic E-state index is 13.2. The number of rotatable bonds is 7. The Morgan fingerprint density at radius 2 is 1.82 bits per heavy atom. The number of hydrogen-bond acceptors (Lipinski definition) is 5. The average Bonchev–Trinajstić information content (AvgIpc) is 3.14. The number of amides is 1. The van der Waals surface area contributed by atoms with Crippen LogP contribution in [0.25, 0.3) is 6.08 Å². The van der Waals surface area contributed by atoms with E-state index in [2.05, 4.69) is 26.2 Å². The van der Waals surface area contributed by atoms with Crippen LogP contribution < -0.4 is 14.8 Å². The van der Waals surface area contributed by atoms with Crippen LogP contribution in [0.15, 0.2) is 75.0 Å². The highest BCUT2D eigenvalue weighted by Gasteiger charge is 2.24. The molecule has 174 valence electrons. The third-order valence-electron chi connectivity index (χ3n) is 4.84. The molecule has 5 nitrogen and oxygen atoms in total. The zero-order valence-corrected chi connectivity index (χ0v) is 21.0. The van der Waals surface area contributed by atoms with E-state index in [1.54, 1.807) is 18.2 Å². The fourth-order valence-corrected chi connectivity index (χ4v) is 4.59. The monoisotopic (exact) mass is 540 g/mol.